The Kier molecular flexibility index (Phi) is 13.6. The number of halogens is 3. The van der Waals surface area contributed by atoms with Crippen molar-refractivity contribution in [3.63, 3.8) is 0 Å². The van der Waals surface area contributed by atoms with Gasteiger partial charge in [-0.2, -0.15) is 0 Å². The molecule has 0 aromatic rings. The maximum Gasteiger partial charge on any atom is 0.0432 e. The fourth-order valence-electron chi connectivity index (χ4n) is 1.86. The molecular formula is C14H27BrClI. The Bertz CT molecular complexity index is 164. The summed E-state index contributed by atoms with van der Waals surface area (Å²) in [6, 6.07) is 0. The van der Waals surface area contributed by atoms with Crippen molar-refractivity contribution < 1.29 is 0 Å². The van der Waals surface area contributed by atoms with Gasteiger partial charge < -0.3 is 0 Å². The van der Waals surface area contributed by atoms with Crippen molar-refractivity contribution in [1.29, 1.82) is 0 Å². The molecule has 0 amide bonds. The van der Waals surface area contributed by atoms with Crippen LogP contribution in [0.5, 0.6) is 0 Å². The monoisotopic (exact) mass is 436 g/mol. The molecule has 0 aliphatic carbocycles. The Hall–Kier alpha value is 1.50. The normalized spacial score (nSPS) is 16.8. The van der Waals surface area contributed by atoms with Crippen LogP contribution in [0, 0.1) is 0 Å². The van der Waals surface area contributed by atoms with Crippen LogP contribution in [-0.4, -0.2) is 14.1 Å². The highest BCUT2D eigenvalue weighted by Crippen LogP contribution is 2.23. The topological polar surface area (TPSA) is 0 Å². The van der Waals surface area contributed by atoms with Gasteiger partial charge in [-0.25, -0.2) is 0 Å². The van der Waals surface area contributed by atoms with Gasteiger partial charge in [0.1, 0.15) is 0 Å². The molecule has 0 heterocycles. The summed E-state index contributed by atoms with van der Waals surface area (Å²) < 4.78 is 0.828. The Morgan fingerprint density at radius 2 is 1.59 bits per heavy atom. The predicted octanol–water partition coefficient (Wildman–Crippen LogP) is 6.71. The van der Waals surface area contributed by atoms with E-state index in [0.29, 0.717) is 4.83 Å². The SMILES string of the molecule is CCCCCCCCC(I)CCC(Br)C(C)Cl. The molecule has 104 valence electrons. The third kappa shape index (κ3) is 12.3. The molecule has 0 aliphatic rings. The Morgan fingerprint density at radius 1 is 1.00 bits per heavy atom. The second kappa shape index (κ2) is 12.5. The van der Waals surface area contributed by atoms with Crippen molar-refractivity contribution in [1.82, 2.24) is 0 Å². The average Bonchev–Trinajstić information content (AvgIpc) is 2.30. The summed E-state index contributed by atoms with van der Waals surface area (Å²) in [5.41, 5.74) is 0. The van der Waals surface area contributed by atoms with Crippen LogP contribution in [0.25, 0.3) is 0 Å². The van der Waals surface area contributed by atoms with Crippen LogP contribution in [0.1, 0.15) is 71.6 Å². The number of unbranched alkanes of at least 4 members (excludes halogenated alkanes) is 5. The highest BCUT2D eigenvalue weighted by molar-refractivity contribution is 14.1. The summed E-state index contributed by atoms with van der Waals surface area (Å²) in [5.74, 6) is 0. The van der Waals surface area contributed by atoms with Crippen molar-refractivity contribution in [3.05, 3.63) is 0 Å². The lowest BCUT2D eigenvalue weighted by Crippen LogP contribution is -2.12. The highest BCUT2D eigenvalue weighted by Gasteiger charge is 2.13. The Morgan fingerprint density at radius 3 is 2.18 bits per heavy atom. The van der Waals surface area contributed by atoms with Crippen LogP contribution in [0.3, 0.4) is 0 Å². The zero-order valence-electron chi connectivity index (χ0n) is 11.2. The average molecular weight is 438 g/mol. The van der Waals surface area contributed by atoms with Gasteiger partial charge in [-0.3, -0.25) is 0 Å². The second-order valence-corrected chi connectivity index (χ2v) is 8.55. The van der Waals surface area contributed by atoms with E-state index in [0.717, 1.165) is 3.92 Å². The van der Waals surface area contributed by atoms with E-state index >= 15 is 0 Å². The van der Waals surface area contributed by atoms with Crippen LogP contribution < -0.4 is 0 Å². The molecule has 0 aliphatic heterocycles. The molecule has 0 saturated carbocycles. The third-order valence-electron chi connectivity index (χ3n) is 3.12. The summed E-state index contributed by atoms with van der Waals surface area (Å²) in [7, 11) is 0. The lowest BCUT2D eigenvalue weighted by molar-refractivity contribution is 0.568. The molecule has 0 radical (unpaired) electrons. The first-order valence-corrected chi connectivity index (χ1v) is 9.59. The molecule has 0 spiro atoms. The van der Waals surface area contributed by atoms with Gasteiger partial charge in [-0.1, -0.05) is 84.0 Å². The van der Waals surface area contributed by atoms with Crippen LogP contribution in [0.2, 0.25) is 0 Å². The summed E-state index contributed by atoms with van der Waals surface area (Å²) in [6.45, 7) is 4.34. The van der Waals surface area contributed by atoms with Crippen LogP contribution in [-0.2, 0) is 0 Å². The Labute approximate surface area is 135 Å². The molecule has 0 aromatic heterocycles. The van der Waals surface area contributed by atoms with Crippen LogP contribution >= 0.6 is 50.1 Å². The standard InChI is InChI=1S/C14H27BrClI/c1-3-4-5-6-7-8-9-13(17)10-11-14(15)12(2)16/h12-14H,3-11H2,1-2H3. The molecule has 0 saturated heterocycles. The molecule has 0 aromatic carbocycles. The zero-order chi connectivity index (χ0) is 13.1. The predicted molar refractivity (Wildman–Crippen MR) is 93.1 cm³/mol. The van der Waals surface area contributed by atoms with E-state index in [1.165, 1.54) is 57.8 Å². The zero-order valence-corrected chi connectivity index (χ0v) is 15.7. The van der Waals surface area contributed by atoms with Crippen molar-refractivity contribution >= 4 is 50.1 Å². The summed E-state index contributed by atoms with van der Waals surface area (Å²) in [5, 5.41) is 0.243. The number of alkyl halides is 3. The minimum absolute atomic E-state index is 0.243. The van der Waals surface area contributed by atoms with Crippen molar-refractivity contribution in [3.8, 4) is 0 Å². The lowest BCUT2D eigenvalue weighted by Gasteiger charge is -2.14. The molecule has 3 heteroatoms. The highest BCUT2D eigenvalue weighted by atomic mass is 127. The largest absolute Gasteiger partial charge is 0.122 e. The van der Waals surface area contributed by atoms with Crippen LogP contribution in [0.4, 0.5) is 0 Å². The molecular weight excluding hydrogens is 410 g/mol. The third-order valence-corrected chi connectivity index (χ3v) is 6.23. The molecule has 0 N–H and O–H groups in total. The van der Waals surface area contributed by atoms with Gasteiger partial charge in [-0.15, -0.1) is 11.6 Å². The van der Waals surface area contributed by atoms with E-state index in [-0.39, 0.29) is 5.38 Å². The van der Waals surface area contributed by atoms with Gasteiger partial charge in [0.15, 0.2) is 0 Å². The van der Waals surface area contributed by atoms with Crippen LogP contribution in [0.15, 0.2) is 0 Å². The lowest BCUT2D eigenvalue weighted by atomic mass is 10.1. The molecule has 0 bridgehead atoms. The van der Waals surface area contributed by atoms with Gasteiger partial charge in [0.25, 0.3) is 0 Å². The first kappa shape index (κ1) is 18.5. The maximum atomic E-state index is 6.04. The first-order chi connectivity index (χ1) is 8.07. The van der Waals surface area contributed by atoms with Gasteiger partial charge in [0.2, 0.25) is 0 Å². The van der Waals surface area contributed by atoms with Gasteiger partial charge in [0, 0.05) is 14.1 Å². The molecule has 17 heavy (non-hydrogen) atoms. The molecule has 0 fully saturated rings. The van der Waals surface area contributed by atoms with E-state index in [1.807, 2.05) is 0 Å². The first-order valence-electron chi connectivity index (χ1n) is 7.00. The van der Waals surface area contributed by atoms with E-state index in [4.69, 9.17) is 11.6 Å². The Balaban J connectivity index is 3.31. The molecule has 0 nitrogen and oxygen atoms in total. The van der Waals surface area contributed by atoms with Gasteiger partial charge >= 0.3 is 0 Å². The smallest absolute Gasteiger partial charge is 0.0432 e. The van der Waals surface area contributed by atoms with E-state index in [2.05, 4.69) is 52.4 Å². The van der Waals surface area contributed by atoms with Crippen molar-refractivity contribution in [2.24, 2.45) is 0 Å². The minimum Gasteiger partial charge on any atom is -0.122 e. The number of hydrogen-bond acceptors (Lipinski definition) is 0. The molecule has 3 atom stereocenters. The van der Waals surface area contributed by atoms with Gasteiger partial charge in [-0.05, 0) is 26.2 Å². The quantitative estimate of drug-likeness (QED) is 0.191. The van der Waals surface area contributed by atoms with E-state index in [9.17, 15) is 0 Å². The summed E-state index contributed by atoms with van der Waals surface area (Å²) in [4.78, 5) is 0.478. The van der Waals surface area contributed by atoms with Crippen molar-refractivity contribution in [2.45, 2.75) is 85.8 Å². The summed E-state index contributed by atoms with van der Waals surface area (Å²) in [6.07, 6.45) is 12.3. The van der Waals surface area contributed by atoms with Gasteiger partial charge in [0.05, 0.1) is 0 Å². The number of rotatable bonds is 11. The van der Waals surface area contributed by atoms with E-state index in [1.54, 1.807) is 0 Å². The van der Waals surface area contributed by atoms with E-state index < -0.39 is 0 Å². The fraction of sp³-hybridized carbons (Fsp3) is 1.00. The van der Waals surface area contributed by atoms with Crippen molar-refractivity contribution in [2.75, 3.05) is 0 Å². The summed E-state index contributed by atoms with van der Waals surface area (Å²) >= 11 is 12.3. The molecule has 3 unspecified atom stereocenters. The number of hydrogen-bond donors (Lipinski definition) is 0. The fourth-order valence-corrected chi connectivity index (χ4v) is 3.05. The molecule has 0 rings (SSSR count). The minimum atomic E-state index is 0.243. The second-order valence-electron chi connectivity index (χ2n) is 4.92. The maximum absolute atomic E-state index is 6.04.